The number of carbonyl (C=O) groups is 1. The molecule has 29 heavy (non-hydrogen) atoms. The maximum Gasteiger partial charge on any atom is 0.240 e. The maximum atomic E-state index is 12.6. The molecule has 1 heterocycles. The van der Waals surface area contributed by atoms with Gasteiger partial charge in [0.15, 0.2) is 0 Å². The summed E-state index contributed by atoms with van der Waals surface area (Å²) in [6.07, 6.45) is 3.24. The van der Waals surface area contributed by atoms with Gasteiger partial charge in [0.25, 0.3) is 0 Å². The quantitative estimate of drug-likeness (QED) is 0.720. The highest BCUT2D eigenvalue weighted by molar-refractivity contribution is 7.89. The van der Waals surface area contributed by atoms with Crippen molar-refractivity contribution in [1.82, 2.24) is 9.62 Å². The largest absolute Gasteiger partial charge is 0.343 e. The van der Waals surface area contributed by atoms with Crippen LogP contribution in [0.2, 0.25) is 5.02 Å². The first-order valence-electron chi connectivity index (χ1n) is 10.0. The van der Waals surface area contributed by atoms with Gasteiger partial charge in [0, 0.05) is 30.6 Å². The molecule has 1 amide bonds. The van der Waals surface area contributed by atoms with Gasteiger partial charge in [0.1, 0.15) is 0 Å². The highest BCUT2D eigenvalue weighted by atomic mass is 35.5. The molecule has 0 radical (unpaired) electrons. The Bertz CT molecular complexity index is 920. The molecular formula is C22H27ClN2O3S. The predicted octanol–water partition coefficient (Wildman–Crippen LogP) is 3.80. The van der Waals surface area contributed by atoms with Crippen molar-refractivity contribution >= 4 is 27.5 Å². The second-order valence-corrected chi connectivity index (χ2v) is 9.55. The summed E-state index contributed by atoms with van der Waals surface area (Å²) in [4.78, 5) is 14.6. The number of nitrogens with zero attached hydrogens (tertiary/aromatic N) is 1. The minimum absolute atomic E-state index is 0.108. The lowest BCUT2D eigenvalue weighted by Gasteiger charge is -2.32. The Morgan fingerprint density at radius 3 is 2.21 bits per heavy atom. The third-order valence-corrected chi connectivity index (χ3v) is 7.14. The number of nitrogens with one attached hydrogen (secondary N) is 1. The van der Waals surface area contributed by atoms with E-state index in [-0.39, 0.29) is 16.8 Å². The number of aryl methyl sites for hydroxylation is 2. The van der Waals surface area contributed by atoms with Gasteiger partial charge in [-0.05, 0) is 61.1 Å². The number of amides is 1. The minimum Gasteiger partial charge on any atom is -0.343 e. The molecule has 5 nitrogen and oxygen atoms in total. The SMILES string of the molecule is CCc1ccc(S(=O)(=O)NC2CCN(C(=O)CCc3ccc(Cl)cc3)CC2)cc1. The van der Waals surface area contributed by atoms with Crippen molar-refractivity contribution in [3.8, 4) is 0 Å². The topological polar surface area (TPSA) is 66.5 Å². The van der Waals surface area contributed by atoms with Crippen LogP contribution in [0.5, 0.6) is 0 Å². The summed E-state index contributed by atoms with van der Waals surface area (Å²) in [5.41, 5.74) is 2.19. The van der Waals surface area contributed by atoms with Crippen molar-refractivity contribution in [3.05, 3.63) is 64.7 Å². The Hall–Kier alpha value is -1.89. The molecule has 1 aliphatic rings. The number of hydrogen-bond acceptors (Lipinski definition) is 3. The zero-order chi connectivity index (χ0) is 20.9. The first kappa shape index (κ1) is 21.8. The number of piperidine rings is 1. The normalized spacial score (nSPS) is 15.4. The van der Waals surface area contributed by atoms with Gasteiger partial charge >= 0.3 is 0 Å². The van der Waals surface area contributed by atoms with Crippen LogP contribution in [0.4, 0.5) is 0 Å². The van der Waals surface area contributed by atoms with Crippen molar-refractivity contribution in [1.29, 1.82) is 0 Å². The van der Waals surface area contributed by atoms with Crippen LogP contribution < -0.4 is 4.72 Å². The molecule has 1 fully saturated rings. The van der Waals surface area contributed by atoms with Crippen molar-refractivity contribution in [2.75, 3.05) is 13.1 Å². The molecule has 2 aromatic carbocycles. The summed E-state index contributed by atoms with van der Waals surface area (Å²) in [6.45, 7) is 3.18. The van der Waals surface area contributed by atoms with Crippen LogP contribution in [0.25, 0.3) is 0 Å². The van der Waals surface area contributed by atoms with Crippen LogP contribution in [-0.2, 0) is 27.7 Å². The molecule has 1 N–H and O–H groups in total. The van der Waals surface area contributed by atoms with Crippen molar-refractivity contribution < 1.29 is 13.2 Å². The van der Waals surface area contributed by atoms with E-state index in [1.165, 1.54) is 0 Å². The third-order valence-electron chi connectivity index (χ3n) is 5.35. The number of hydrogen-bond donors (Lipinski definition) is 1. The molecule has 0 atom stereocenters. The fraction of sp³-hybridized carbons (Fsp3) is 0.409. The zero-order valence-corrected chi connectivity index (χ0v) is 18.2. The van der Waals surface area contributed by atoms with Gasteiger partial charge in [0.05, 0.1) is 4.90 Å². The molecule has 0 saturated carbocycles. The lowest BCUT2D eigenvalue weighted by Crippen LogP contribution is -2.46. The summed E-state index contributed by atoms with van der Waals surface area (Å²) < 4.78 is 28.0. The van der Waals surface area contributed by atoms with Gasteiger partial charge in [-0.2, -0.15) is 0 Å². The first-order valence-corrected chi connectivity index (χ1v) is 11.9. The number of rotatable bonds is 7. The van der Waals surface area contributed by atoms with Crippen LogP contribution in [0, 0.1) is 0 Å². The molecule has 156 valence electrons. The molecule has 2 aromatic rings. The van der Waals surface area contributed by atoms with Crippen molar-refractivity contribution in [2.45, 2.75) is 50.0 Å². The van der Waals surface area contributed by atoms with Gasteiger partial charge in [-0.3, -0.25) is 4.79 Å². The van der Waals surface area contributed by atoms with Crippen LogP contribution in [-0.4, -0.2) is 38.4 Å². The first-order chi connectivity index (χ1) is 13.9. The lowest BCUT2D eigenvalue weighted by molar-refractivity contribution is -0.132. The highest BCUT2D eigenvalue weighted by Crippen LogP contribution is 2.17. The van der Waals surface area contributed by atoms with E-state index in [4.69, 9.17) is 11.6 Å². The molecule has 0 spiro atoms. The Balaban J connectivity index is 1.47. The van der Waals surface area contributed by atoms with E-state index in [0.29, 0.717) is 43.8 Å². The summed E-state index contributed by atoms with van der Waals surface area (Å²) in [6, 6.07) is 14.4. The van der Waals surface area contributed by atoms with Crippen LogP contribution >= 0.6 is 11.6 Å². The minimum atomic E-state index is -3.54. The van der Waals surface area contributed by atoms with E-state index in [1.807, 2.05) is 48.2 Å². The van der Waals surface area contributed by atoms with E-state index in [9.17, 15) is 13.2 Å². The Kier molecular flexibility index (Phi) is 7.33. The van der Waals surface area contributed by atoms with Gasteiger partial charge in [0.2, 0.25) is 15.9 Å². The van der Waals surface area contributed by atoms with E-state index in [1.54, 1.807) is 12.1 Å². The highest BCUT2D eigenvalue weighted by Gasteiger charge is 2.26. The second-order valence-electron chi connectivity index (χ2n) is 7.40. The molecule has 3 rings (SSSR count). The third kappa shape index (κ3) is 6.04. The fourth-order valence-corrected chi connectivity index (χ4v) is 4.93. The van der Waals surface area contributed by atoms with Gasteiger partial charge in [-0.15, -0.1) is 0 Å². The van der Waals surface area contributed by atoms with Crippen LogP contribution in [0.3, 0.4) is 0 Å². The predicted molar refractivity (Wildman–Crippen MR) is 116 cm³/mol. The zero-order valence-electron chi connectivity index (χ0n) is 16.6. The number of benzene rings is 2. The van der Waals surface area contributed by atoms with Crippen molar-refractivity contribution in [3.63, 3.8) is 0 Å². The summed E-state index contributed by atoms with van der Waals surface area (Å²) >= 11 is 5.88. The van der Waals surface area contributed by atoms with E-state index in [2.05, 4.69) is 4.72 Å². The number of carbonyl (C=O) groups excluding carboxylic acids is 1. The monoisotopic (exact) mass is 434 g/mol. The molecular weight excluding hydrogens is 408 g/mol. The number of halogens is 1. The number of sulfonamides is 1. The van der Waals surface area contributed by atoms with Crippen molar-refractivity contribution in [2.24, 2.45) is 0 Å². The second kappa shape index (κ2) is 9.74. The van der Waals surface area contributed by atoms with Gasteiger partial charge in [-0.1, -0.05) is 42.8 Å². The van der Waals surface area contributed by atoms with Gasteiger partial charge < -0.3 is 4.90 Å². The standard InChI is InChI=1S/C22H27ClN2O3S/c1-2-17-5-10-21(11-6-17)29(27,28)24-20-13-15-25(16-14-20)22(26)12-7-18-3-8-19(23)9-4-18/h3-6,8-11,20,24H,2,7,12-16H2,1H3. The molecule has 0 bridgehead atoms. The van der Waals surface area contributed by atoms with E-state index < -0.39 is 10.0 Å². The molecule has 0 aliphatic carbocycles. The summed E-state index contributed by atoms with van der Waals surface area (Å²) in [7, 11) is -3.54. The van der Waals surface area contributed by atoms with E-state index in [0.717, 1.165) is 17.5 Å². The van der Waals surface area contributed by atoms with Gasteiger partial charge in [-0.25, -0.2) is 13.1 Å². The fourth-order valence-electron chi connectivity index (χ4n) is 3.50. The molecule has 0 aromatic heterocycles. The smallest absolute Gasteiger partial charge is 0.240 e. The summed E-state index contributed by atoms with van der Waals surface area (Å²) in [5.74, 6) is 0.108. The Morgan fingerprint density at radius 1 is 1.03 bits per heavy atom. The average molecular weight is 435 g/mol. The molecule has 7 heteroatoms. The van der Waals surface area contributed by atoms with Crippen LogP contribution in [0.1, 0.15) is 37.3 Å². The van der Waals surface area contributed by atoms with Crippen LogP contribution in [0.15, 0.2) is 53.4 Å². The lowest BCUT2D eigenvalue weighted by atomic mass is 10.0. The average Bonchev–Trinajstić information content (AvgIpc) is 2.73. The summed E-state index contributed by atoms with van der Waals surface area (Å²) in [5, 5.41) is 0.686. The Labute approximate surface area is 178 Å². The Morgan fingerprint density at radius 2 is 1.62 bits per heavy atom. The van der Waals surface area contributed by atoms with E-state index >= 15 is 0 Å². The maximum absolute atomic E-state index is 12.6. The molecule has 1 aliphatic heterocycles. The molecule has 0 unspecified atom stereocenters. The number of likely N-dealkylation sites (tertiary alicyclic amines) is 1. The molecule has 1 saturated heterocycles.